The van der Waals surface area contributed by atoms with E-state index < -0.39 is 5.97 Å². The van der Waals surface area contributed by atoms with E-state index in [-0.39, 0.29) is 18.7 Å². The van der Waals surface area contributed by atoms with Gasteiger partial charge in [0.25, 0.3) is 0 Å². The van der Waals surface area contributed by atoms with Gasteiger partial charge in [0.1, 0.15) is 23.4 Å². The molecule has 0 spiro atoms. The van der Waals surface area contributed by atoms with Gasteiger partial charge in [0.15, 0.2) is 12.6 Å². The number of epoxide rings is 2. The highest BCUT2D eigenvalue weighted by Gasteiger charge is 2.43. The van der Waals surface area contributed by atoms with Crippen molar-refractivity contribution in [3.05, 3.63) is 78.4 Å². The molecule has 3 aromatic rings. The number of benzene rings is 3. The molecule has 1 saturated carbocycles. The average Bonchev–Trinajstić information content (AvgIpc) is 4.00. The molecular formula is C37H44O8. The Morgan fingerprint density at radius 1 is 0.733 bits per heavy atom. The normalized spacial score (nSPS) is 23.0. The number of rotatable bonds is 17. The number of hydrogen-bond acceptors (Lipinski definition) is 8. The summed E-state index contributed by atoms with van der Waals surface area (Å²) in [7, 11) is 0. The molecule has 3 aromatic carbocycles. The summed E-state index contributed by atoms with van der Waals surface area (Å²) in [5.41, 5.74) is 2.49. The predicted octanol–water partition coefficient (Wildman–Crippen LogP) is 7.58. The number of carbonyl (C=O) groups is 1. The van der Waals surface area contributed by atoms with E-state index >= 15 is 0 Å². The summed E-state index contributed by atoms with van der Waals surface area (Å²) in [6.07, 6.45) is 7.46. The smallest absolute Gasteiger partial charge is 0.343 e. The third-order valence-corrected chi connectivity index (χ3v) is 8.43. The van der Waals surface area contributed by atoms with Crippen molar-refractivity contribution in [2.45, 2.75) is 89.7 Å². The van der Waals surface area contributed by atoms with Crippen molar-refractivity contribution in [1.29, 1.82) is 0 Å². The van der Waals surface area contributed by atoms with E-state index in [1.165, 1.54) is 0 Å². The SMILES string of the molecule is CCCC(OCC1CCC2OC2C1)Oc1ccc(C(=O)Oc2ccc(-c3ccc(OC(CCC)OCC4CO4)cc3)cc2)cc1. The molecule has 3 fully saturated rings. The van der Waals surface area contributed by atoms with Crippen molar-refractivity contribution in [3.8, 4) is 28.4 Å². The molecule has 0 N–H and O–H groups in total. The van der Waals surface area contributed by atoms with E-state index in [0.717, 1.165) is 68.4 Å². The molecule has 6 rings (SSSR count). The molecule has 6 unspecified atom stereocenters. The highest BCUT2D eigenvalue weighted by molar-refractivity contribution is 5.91. The molecule has 3 aliphatic rings. The minimum absolute atomic E-state index is 0.208. The fraction of sp³-hybridized carbons (Fsp3) is 0.486. The Labute approximate surface area is 265 Å². The zero-order valence-electron chi connectivity index (χ0n) is 26.2. The first-order valence-electron chi connectivity index (χ1n) is 16.4. The van der Waals surface area contributed by atoms with Gasteiger partial charge in [0.2, 0.25) is 0 Å². The number of carbonyl (C=O) groups excluding carboxylic acids is 1. The van der Waals surface area contributed by atoms with Gasteiger partial charge in [-0.3, -0.25) is 0 Å². The molecule has 2 aliphatic heterocycles. The molecular weight excluding hydrogens is 572 g/mol. The lowest BCUT2D eigenvalue weighted by Gasteiger charge is -2.24. The second kappa shape index (κ2) is 15.2. The molecule has 45 heavy (non-hydrogen) atoms. The van der Waals surface area contributed by atoms with Gasteiger partial charge in [-0.05, 0) is 84.8 Å². The third-order valence-electron chi connectivity index (χ3n) is 8.43. The first kappa shape index (κ1) is 31.5. The van der Waals surface area contributed by atoms with Crippen LogP contribution in [0, 0.1) is 5.92 Å². The molecule has 6 atom stereocenters. The first-order valence-corrected chi connectivity index (χ1v) is 16.4. The van der Waals surface area contributed by atoms with Crippen molar-refractivity contribution in [1.82, 2.24) is 0 Å². The fourth-order valence-electron chi connectivity index (χ4n) is 5.66. The summed E-state index contributed by atoms with van der Waals surface area (Å²) in [6.45, 7) is 6.24. The lowest BCUT2D eigenvalue weighted by molar-refractivity contribution is -0.0981. The molecule has 2 saturated heterocycles. The van der Waals surface area contributed by atoms with E-state index in [4.69, 9.17) is 33.2 Å². The highest BCUT2D eigenvalue weighted by Crippen LogP contribution is 2.39. The molecule has 2 heterocycles. The average molecular weight is 617 g/mol. The number of hydrogen-bond donors (Lipinski definition) is 0. The van der Waals surface area contributed by atoms with Crippen LogP contribution in [0.15, 0.2) is 72.8 Å². The molecule has 240 valence electrons. The first-order chi connectivity index (χ1) is 22.1. The molecule has 0 aromatic heterocycles. The van der Waals surface area contributed by atoms with Crippen LogP contribution in [0.4, 0.5) is 0 Å². The second-order valence-corrected chi connectivity index (χ2v) is 12.1. The zero-order chi connectivity index (χ0) is 31.0. The molecule has 8 nitrogen and oxygen atoms in total. The van der Waals surface area contributed by atoms with E-state index in [1.54, 1.807) is 36.4 Å². The monoisotopic (exact) mass is 616 g/mol. The largest absolute Gasteiger partial charge is 0.465 e. The Hall–Kier alpha value is -3.43. The van der Waals surface area contributed by atoms with Crippen LogP contribution in [-0.2, 0) is 18.9 Å². The van der Waals surface area contributed by atoms with Gasteiger partial charge in [0, 0.05) is 12.8 Å². The minimum Gasteiger partial charge on any atom is -0.465 e. The van der Waals surface area contributed by atoms with Crippen LogP contribution < -0.4 is 14.2 Å². The zero-order valence-corrected chi connectivity index (χ0v) is 26.2. The Balaban J connectivity index is 0.972. The molecule has 0 amide bonds. The van der Waals surface area contributed by atoms with Crippen LogP contribution >= 0.6 is 0 Å². The summed E-state index contributed by atoms with van der Waals surface area (Å²) in [5.74, 6) is 2.01. The summed E-state index contributed by atoms with van der Waals surface area (Å²) >= 11 is 0. The van der Waals surface area contributed by atoms with Crippen LogP contribution in [0.3, 0.4) is 0 Å². The third kappa shape index (κ3) is 9.30. The predicted molar refractivity (Wildman–Crippen MR) is 170 cm³/mol. The number of fused-ring (bicyclic) bond motifs is 1. The van der Waals surface area contributed by atoms with Crippen LogP contribution in [0.25, 0.3) is 11.1 Å². The topological polar surface area (TPSA) is 88.3 Å². The summed E-state index contributed by atoms with van der Waals surface area (Å²) in [5, 5.41) is 0. The Bertz CT molecular complexity index is 1350. The van der Waals surface area contributed by atoms with E-state index in [2.05, 4.69) is 13.8 Å². The molecule has 0 radical (unpaired) electrons. The van der Waals surface area contributed by atoms with Gasteiger partial charge in [-0.15, -0.1) is 0 Å². The van der Waals surface area contributed by atoms with E-state index in [0.29, 0.717) is 48.4 Å². The van der Waals surface area contributed by atoms with Crippen LogP contribution in [0.5, 0.6) is 17.2 Å². The van der Waals surface area contributed by atoms with Gasteiger partial charge in [-0.2, -0.15) is 0 Å². The van der Waals surface area contributed by atoms with Crippen LogP contribution in [-0.4, -0.2) is 56.7 Å². The summed E-state index contributed by atoms with van der Waals surface area (Å²) in [6, 6.07) is 22.4. The lowest BCUT2D eigenvalue weighted by Crippen LogP contribution is -2.26. The minimum atomic E-state index is -0.424. The van der Waals surface area contributed by atoms with Crippen LogP contribution in [0.2, 0.25) is 0 Å². The maximum absolute atomic E-state index is 12.8. The lowest BCUT2D eigenvalue weighted by atomic mass is 9.90. The Kier molecular flexibility index (Phi) is 10.7. The van der Waals surface area contributed by atoms with Gasteiger partial charge in [-0.1, -0.05) is 51.0 Å². The number of esters is 1. The standard InChI is InChI=1S/C37H44O8/c1-3-5-35(40-22-25-7-20-33-34(21-25)45-33)42-30-18-12-28(13-19-30)37(38)44-31-16-10-27(11-17-31)26-8-14-29(15-9-26)43-36(6-4-2)41-24-32-23-39-32/h8-19,25,32-36H,3-7,20-24H2,1-2H3. The summed E-state index contributed by atoms with van der Waals surface area (Å²) < 4.78 is 40.7. The van der Waals surface area contributed by atoms with Crippen molar-refractivity contribution < 1.29 is 38.0 Å². The van der Waals surface area contributed by atoms with Crippen molar-refractivity contribution in [3.63, 3.8) is 0 Å². The Morgan fingerprint density at radius 3 is 1.84 bits per heavy atom. The molecule has 1 aliphatic carbocycles. The van der Waals surface area contributed by atoms with Gasteiger partial charge >= 0.3 is 5.97 Å². The molecule has 8 heteroatoms. The van der Waals surface area contributed by atoms with Gasteiger partial charge in [0.05, 0.1) is 37.6 Å². The van der Waals surface area contributed by atoms with Crippen LogP contribution in [0.1, 0.15) is 69.2 Å². The highest BCUT2D eigenvalue weighted by atomic mass is 16.7. The maximum atomic E-state index is 12.8. The maximum Gasteiger partial charge on any atom is 0.343 e. The van der Waals surface area contributed by atoms with Crippen molar-refractivity contribution >= 4 is 5.97 Å². The Morgan fingerprint density at radius 2 is 1.29 bits per heavy atom. The number of ether oxygens (including phenoxy) is 7. The van der Waals surface area contributed by atoms with E-state index in [1.807, 2.05) is 36.4 Å². The van der Waals surface area contributed by atoms with E-state index in [9.17, 15) is 4.79 Å². The fourth-order valence-corrected chi connectivity index (χ4v) is 5.66. The van der Waals surface area contributed by atoms with Gasteiger partial charge < -0.3 is 33.2 Å². The van der Waals surface area contributed by atoms with Crippen molar-refractivity contribution in [2.75, 3.05) is 19.8 Å². The van der Waals surface area contributed by atoms with Crippen molar-refractivity contribution in [2.24, 2.45) is 5.92 Å². The summed E-state index contributed by atoms with van der Waals surface area (Å²) in [4.78, 5) is 12.8. The second-order valence-electron chi connectivity index (χ2n) is 12.1. The quantitative estimate of drug-likeness (QED) is 0.0664. The molecule has 0 bridgehead atoms. The van der Waals surface area contributed by atoms with Gasteiger partial charge in [-0.25, -0.2) is 4.79 Å².